The number of hydrogen-bond donors (Lipinski definition) is 1. The Hall–Kier alpha value is -1.14. The van der Waals surface area contributed by atoms with Crippen molar-refractivity contribution in [3.63, 3.8) is 0 Å². The molecule has 2 rings (SSSR count). The standard InChI is InChI=1S/C14H25N3O3/c1-10-5-11(2)7-17(6-10)13(18)9-16-3-4-20-12(8-16)14(15)19/h10-12H,3-9H2,1-2H3,(H2,15,19). The normalized spacial score (nSPS) is 32.1. The molecule has 3 unspecified atom stereocenters. The van der Waals surface area contributed by atoms with Crippen molar-refractivity contribution >= 4 is 11.8 Å². The third kappa shape index (κ3) is 3.93. The minimum Gasteiger partial charge on any atom is -0.367 e. The van der Waals surface area contributed by atoms with E-state index in [4.69, 9.17) is 10.5 Å². The van der Waals surface area contributed by atoms with E-state index in [-0.39, 0.29) is 5.91 Å². The molecule has 20 heavy (non-hydrogen) atoms. The molecule has 2 heterocycles. The molecule has 0 bridgehead atoms. The van der Waals surface area contributed by atoms with Gasteiger partial charge in [0.2, 0.25) is 11.8 Å². The van der Waals surface area contributed by atoms with Crippen LogP contribution in [0.5, 0.6) is 0 Å². The minimum atomic E-state index is -0.587. The van der Waals surface area contributed by atoms with Crippen LogP contribution in [0.15, 0.2) is 0 Å². The van der Waals surface area contributed by atoms with Gasteiger partial charge in [-0.3, -0.25) is 14.5 Å². The fraction of sp³-hybridized carbons (Fsp3) is 0.857. The molecule has 2 aliphatic rings. The fourth-order valence-corrected chi connectivity index (χ4v) is 3.18. The van der Waals surface area contributed by atoms with Crippen molar-refractivity contribution in [2.45, 2.75) is 26.4 Å². The second-order valence-corrected chi connectivity index (χ2v) is 6.24. The van der Waals surface area contributed by atoms with E-state index in [1.54, 1.807) is 0 Å². The molecule has 2 N–H and O–H groups in total. The molecule has 0 aromatic carbocycles. The average Bonchev–Trinajstić information content (AvgIpc) is 2.37. The van der Waals surface area contributed by atoms with E-state index in [9.17, 15) is 9.59 Å². The second-order valence-electron chi connectivity index (χ2n) is 6.24. The molecule has 114 valence electrons. The van der Waals surface area contributed by atoms with E-state index in [1.165, 1.54) is 6.42 Å². The van der Waals surface area contributed by atoms with Gasteiger partial charge in [0, 0.05) is 26.2 Å². The van der Waals surface area contributed by atoms with Gasteiger partial charge in [0.1, 0.15) is 6.10 Å². The van der Waals surface area contributed by atoms with Crippen LogP contribution < -0.4 is 5.73 Å². The number of rotatable bonds is 3. The van der Waals surface area contributed by atoms with Gasteiger partial charge in [-0.2, -0.15) is 0 Å². The smallest absolute Gasteiger partial charge is 0.247 e. The topological polar surface area (TPSA) is 75.9 Å². The number of ether oxygens (including phenoxy) is 1. The van der Waals surface area contributed by atoms with E-state index in [2.05, 4.69) is 13.8 Å². The Balaban J connectivity index is 1.86. The number of primary amides is 1. The van der Waals surface area contributed by atoms with Crippen molar-refractivity contribution in [1.82, 2.24) is 9.80 Å². The Kier molecular flexibility index (Phi) is 4.99. The van der Waals surface area contributed by atoms with Gasteiger partial charge in [-0.1, -0.05) is 13.8 Å². The number of nitrogens with two attached hydrogens (primary N) is 1. The summed E-state index contributed by atoms with van der Waals surface area (Å²) in [5, 5.41) is 0. The van der Waals surface area contributed by atoms with Gasteiger partial charge in [0.15, 0.2) is 0 Å². The maximum Gasteiger partial charge on any atom is 0.247 e. The Bertz CT molecular complexity index is 365. The molecule has 3 atom stereocenters. The van der Waals surface area contributed by atoms with Crippen LogP contribution in [-0.2, 0) is 14.3 Å². The van der Waals surface area contributed by atoms with Gasteiger partial charge in [-0.25, -0.2) is 0 Å². The summed E-state index contributed by atoms with van der Waals surface area (Å²) >= 11 is 0. The first-order valence-electron chi connectivity index (χ1n) is 7.36. The molecule has 2 saturated heterocycles. The number of piperidine rings is 1. The lowest BCUT2D eigenvalue weighted by atomic mass is 9.92. The highest BCUT2D eigenvalue weighted by molar-refractivity contribution is 5.80. The van der Waals surface area contributed by atoms with E-state index < -0.39 is 12.0 Å². The molecule has 0 aromatic heterocycles. The maximum absolute atomic E-state index is 12.4. The van der Waals surface area contributed by atoms with Crippen LogP contribution in [0.3, 0.4) is 0 Å². The molecule has 0 aromatic rings. The van der Waals surface area contributed by atoms with Gasteiger partial charge in [-0.15, -0.1) is 0 Å². The highest BCUT2D eigenvalue weighted by atomic mass is 16.5. The van der Waals surface area contributed by atoms with Gasteiger partial charge in [0.25, 0.3) is 0 Å². The van der Waals surface area contributed by atoms with Gasteiger partial charge < -0.3 is 15.4 Å². The van der Waals surface area contributed by atoms with Gasteiger partial charge >= 0.3 is 0 Å². The molecule has 6 heteroatoms. The molecular weight excluding hydrogens is 258 g/mol. The van der Waals surface area contributed by atoms with E-state index >= 15 is 0 Å². The van der Waals surface area contributed by atoms with Crippen LogP contribution in [-0.4, -0.2) is 67.0 Å². The SMILES string of the molecule is CC1CC(C)CN(C(=O)CN2CCOC(C(N)=O)C2)C1. The lowest BCUT2D eigenvalue weighted by Gasteiger charge is -2.37. The Morgan fingerprint density at radius 1 is 1.20 bits per heavy atom. The van der Waals surface area contributed by atoms with E-state index in [0.717, 1.165) is 13.1 Å². The lowest BCUT2D eigenvalue weighted by Crippen LogP contribution is -2.52. The summed E-state index contributed by atoms with van der Waals surface area (Å²) in [5.74, 6) is 0.812. The molecular formula is C14H25N3O3. The largest absolute Gasteiger partial charge is 0.367 e. The number of amides is 2. The molecule has 0 spiro atoms. The Morgan fingerprint density at radius 3 is 2.45 bits per heavy atom. The van der Waals surface area contributed by atoms with E-state index in [0.29, 0.717) is 38.1 Å². The summed E-state index contributed by atoms with van der Waals surface area (Å²) in [6.45, 7) is 7.95. The van der Waals surface area contributed by atoms with Crippen LogP contribution in [0.4, 0.5) is 0 Å². The summed E-state index contributed by atoms with van der Waals surface area (Å²) < 4.78 is 5.29. The minimum absolute atomic E-state index is 0.147. The van der Waals surface area contributed by atoms with Crippen molar-refractivity contribution in [1.29, 1.82) is 0 Å². The van der Waals surface area contributed by atoms with Gasteiger partial charge in [0.05, 0.1) is 13.2 Å². The van der Waals surface area contributed by atoms with Crippen molar-refractivity contribution in [2.75, 3.05) is 39.3 Å². The third-order valence-corrected chi connectivity index (χ3v) is 4.05. The van der Waals surface area contributed by atoms with Crippen LogP contribution in [0.25, 0.3) is 0 Å². The van der Waals surface area contributed by atoms with Crippen LogP contribution >= 0.6 is 0 Å². The molecule has 0 aliphatic carbocycles. The monoisotopic (exact) mass is 283 g/mol. The quantitative estimate of drug-likeness (QED) is 0.770. The lowest BCUT2D eigenvalue weighted by molar-refractivity contribution is -0.142. The third-order valence-electron chi connectivity index (χ3n) is 4.05. The summed E-state index contributed by atoms with van der Waals surface area (Å²) in [4.78, 5) is 27.4. The van der Waals surface area contributed by atoms with Crippen molar-refractivity contribution in [3.8, 4) is 0 Å². The summed E-state index contributed by atoms with van der Waals surface area (Å²) in [6.07, 6.45) is 0.598. The summed E-state index contributed by atoms with van der Waals surface area (Å²) in [6, 6.07) is 0. The Morgan fingerprint density at radius 2 is 1.85 bits per heavy atom. The van der Waals surface area contributed by atoms with Crippen molar-refractivity contribution in [2.24, 2.45) is 17.6 Å². The summed E-state index contributed by atoms with van der Waals surface area (Å²) in [5.41, 5.74) is 5.25. The maximum atomic E-state index is 12.4. The predicted octanol–water partition coefficient (Wildman–Crippen LogP) is -0.323. The molecule has 2 aliphatic heterocycles. The van der Waals surface area contributed by atoms with E-state index in [1.807, 2.05) is 9.80 Å². The molecule has 0 radical (unpaired) electrons. The van der Waals surface area contributed by atoms with Crippen LogP contribution in [0.2, 0.25) is 0 Å². The first-order valence-corrected chi connectivity index (χ1v) is 7.36. The first kappa shape index (κ1) is 15.3. The summed E-state index contributed by atoms with van der Waals surface area (Å²) in [7, 11) is 0. The molecule has 2 fully saturated rings. The number of likely N-dealkylation sites (tertiary alicyclic amines) is 1. The zero-order valence-corrected chi connectivity index (χ0v) is 12.4. The predicted molar refractivity (Wildman–Crippen MR) is 74.9 cm³/mol. The second kappa shape index (κ2) is 6.54. The fourth-order valence-electron chi connectivity index (χ4n) is 3.18. The average molecular weight is 283 g/mol. The number of hydrogen-bond acceptors (Lipinski definition) is 4. The van der Waals surface area contributed by atoms with Crippen molar-refractivity contribution < 1.29 is 14.3 Å². The zero-order valence-electron chi connectivity index (χ0n) is 12.4. The van der Waals surface area contributed by atoms with Crippen LogP contribution in [0, 0.1) is 11.8 Å². The molecule has 2 amide bonds. The Labute approximate surface area is 120 Å². The number of carbonyl (C=O) groups is 2. The highest BCUT2D eigenvalue weighted by Crippen LogP contribution is 2.21. The van der Waals surface area contributed by atoms with Crippen molar-refractivity contribution in [3.05, 3.63) is 0 Å². The highest BCUT2D eigenvalue weighted by Gasteiger charge is 2.29. The number of morpholine rings is 1. The number of carbonyl (C=O) groups excluding carboxylic acids is 2. The van der Waals surface area contributed by atoms with Gasteiger partial charge in [-0.05, 0) is 18.3 Å². The molecule has 0 saturated carbocycles. The number of nitrogens with zero attached hydrogens (tertiary/aromatic N) is 2. The zero-order chi connectivity index (χ0) is 14.7. The first-order chi connectivity index (χ1) is 9.45. The molecule has 6 nitrogen and oxygen atoms in total. The van der Waals surface area contributed by atoms with Crippen LogP contribution in [0.1, 0.15) is 20.3 Å².